The highest BCUT2D eigenvalue weighted by Crippen LogP contribution is 2.00. The van der Waals surface area contributed by atoms with Crippen LogP contribution in [0.5, 0.6) is 0 Å². The summed E-state index contributed by atoms with van der Waals surface area (Å²) in [6, 6.07) is 1.93. The van der Waals surface area contributed by atoms with Gasteiger partial charge in [-0.3, -0.25) is 0 Å². The van der Waals surface area contributed by atoms with E-state index in [1.165, 1.54) is 0 Å². The van der Waals surface area contributed by atoms with Gasteiger partial charge in [0, 0.05) is 0 Å². The Bertz CT molecular complexity index is 88.6. The van der Waals surface area contributed by atoms with Crippen molar-refractivity contribution in [1.29, 1.82) is 0 Å². The molecule has 0 aliphatic heterocycles. The zero-order valence-electron chi connectivity index (χ0n) is 9.31. The molecule has 76 valence electrons. The molecule has 0 radical (unpaired) electrons. The van der Waals surface area contributed by atoms with Crippen LogP contribution in [0.15, 0.2) is 0 Å². The molecule has 0 rings (SSSR count). The molecule has 0 amide bonds. The van der Waals surface area contributed by atoms with Crippen LogP contribution in [-0.2, 0) is 0 Å². The van der Waals surface area contributed by atoms with Gasteiger partial charge in [-0.25, -0.2) is 0 Å². The fourth-order valence-electron chi connectivity index (χ4n) is 0. The van der Waals surface area contributed by atoms with Crippen molar-refractivity contribution in [1.82, 2.24) is 0 Å². The van der Waals surface area contributed by atoms with E-state index >= 15 is 0 Å². The summed E-state index contributed by atoms with van der Waals surface area (Å²) in [6.45, 7) is 11.8. The summed E-state index contributed by atoms with van der Waals surface area (Å²) in [6.07, 6.45) is 0. The van der Waals surface area contributed by atoms with E-state index in [2.05, 4.69) is 0 Å². The van der Waals surface area contributed by atoms with Crippen molar-refractivity contribution < 1.29 is 9.59 Å². The molecule has 0 spiro atoms. The predicted molar refractivity (Wildman–Crippen MR) is 60.4 cm³/mol. The highest BCUT2D eigenvalue weighted by Gasteiger charge is 2.11. The molecular weight excluding hydrogens is 184 g/mol. The molecular formula is C8H24O2Si2. The van der Waals surface area contributed by atoms with Gasteiger partial charge in [0.05, 0.1) is 0 Å². The van der Waals surface area contributed by atoms with Crippen molar-refractivity contribution in [2.24, 2.45) is 0 Å². The number of rotatable bonds is 2. The fraction of sp³-hybridized carbons (Fsp3) is 1.00. The van der Waals surface area contributed by atoms with E-state index in [0.717, 1.165) is 12.1 Å². The van der Waals surface area contributed by atoms with Crippen LogP contribution in [0.1, 0.15) is 13.8 Å². The van der Waals surface area contributed by atoms with E-state index in [1.54, 1.807) is 0 Å². The van der Waals surface area contributed by atoms with Gasteiger partial charge in [-0.1, -0.05) is 13.8 Å². The summed E-state index contributed by atoms with van der Waals surface area (Å²) in [4.78, 5) is 17.9. The molecule has 0 aromatic carbocycles. The summed E-state index contributed by atoms with van der Waals surface area (Å²) in [7, 11) is -3.26. The maximum absolute atomic E-state index is 8.97. The van der Waals surface area contributed by atoms with E-state index in [0.29, 0.717) is 0 Å². The van der Waals surface area contributed by atoms with Crippen molar-refractivity contribution in [3.8, 4) is 0 Å². The van der Waals surface area contributed by atoms with Crippen molar-refractivity contribution >= 4 is 16.6 Å². The maximum Gasteiger partial charge on any atom is 0.182 e. The third kappa shape index (κ3) is 22.4. The van der Waals surface area contributed by atoms with Crippen LogP contribution in [0, 0.1) is 0 Å². The van der Waals surface area contributed by atoms with Crippen molar-refractivity contribution in [3.05, 3.63) is 0 Å². The van der Waals surface area contributed by atoms with E-state index in [4.69, 9.17) is 9.59 Å². The number of hydrogen-bond donors (Lipinski definition) is 2. The molecule has 0 bridgehead atoms. The lowest BCUT2D eigenvalue weighted by molar-refractivity contribution is 0.550. The van der Waals surface area contributed by atoms with E-state index in [9.17, 15) is 0 Å². The molecule has 2 N–H and O–H groups in total. The first kappa shape index (κ1) is 14.9. The lowest BCUT2D eigenvalue weighted by atomic mass is 11.0. The lowest BCUT2D eigenvalue weighted by Crippen LogP contribution is -2.22. The minimum Gasteiger partial charge on any atom is -0.432 e. The second-order valence-corrected chi connectivity index (χ2v) is 13.0. The molecule has 12 heavy (non-hydrogen) atoms. The molecule has 0 aromatic heterocycles. The quantitative estimate of drug-likeness (QED) is 0.684. The average molecular weight is 208 g/mol. The highest BCUT2D eigenvalue weighted by atomic mass is 28.4. The SMILES string of the molecule is CC[Si](C)(C)O.CC[Si](C)(C)O. The Balaban J connectivity index is 0. The third-order valence-electron chi connectivity index (χ3n) is 1.73. The van der Waals surface area contributed by atoms with Gasteiger partial charge in [-0.05, 0) is 38.3 Å². The second-order valence-electron chi connectivity index (χ2n) is 4.33. The molecule has 0 unspecified atom stereocenters. The zero-order chi connectivity index (χ0) is 10.4. The van der Waals surface area contributed by atoms with Gasteiger partial charge in [-0.2, -0.15) is 0 Å². The number of hydrogen-bond acceptors (Lipinski definition) is 2. The Morgan fingerprint density at radius 2 is 0.833 bits per heavy atom. The van der Waals surface area contributed by atoms with Crippen LogP contribution in [-0.4, -0.2) is 26.2 Å². The average Bonchev–Trinajstić information content (AvgIpc) is 1.86. The van der Waals surface area contributed by atoms with Crippen LogP contribution in [0.4, 0.5) is 0 Å². The monoisotopic (exact) mass is 208 g/mol. The molecule has 0 saturated carbocycles. The Morgan fingerprint density at radius 1 is 0.750 bits per heavy atom. The zero-order valence-corrected chi connectivity index (χ0v) is 11.3. The van der Waals surface area contributed by atoms with Gasteiger partial charge in [0.2, 0.25) is 0 Å². The van der Waals surface area contributed by atoms with E-state index < -0.39 is 16.6 Å². The second kappa shape index (κ2) is 5.91. The first-order chi connectivity index (χ1) is 5.12. The minimum atomic E-state index is -1.63. The van der Waals surface area contributed by atoms with Gasteiger partial charge >= 0.3 is 0 Å². The maximum atomic E-state index is 8.97. The molecule has 0 saturated heterocycles. The molecule has 0 heterocycles. The van der Waals surface area contributed by atoms with E-state index in [-0.39, 0.29) is 0 Å². The summed E-state index contributed by atoms with van der Waals surface area (Å²) in [5.41, 5.74) is 0. The normalized spacial score (nSPS) is 12.0. The lowest BCUT2D eigenvalue weighted by Gasteiger charge is -2.07. The van der Waals surface area contributed by atoms with Crippen molar-refractivity contribution in [3.63, 3.8) is 0 Å². The smallest absolute Gasteiger partial charge is 0.182 e. The van der Waals surface area contributed by atoms with Gasteiger partial charge in [0.1, 0.15) is 0 Å². The van der Waals surface area contributed by atoms with Crippen molar-refractivity contribution in [2.75, 3.05) is 0 Å². The van der Waals surface area contributed by atoms with E-state index in [1.807, 2.05) is 40.0 Å². The topological polar surface area (TPSA) is 40.5 Å². The van der Waals surface area contributed by atoms with Crippen LogP contribution in [0.25, 0.3) is 0 Å². The standard InChI is InChI=1S/2C4H12OSi/c2*1-4-6(2,3)5/h2*5H,4H2,1-3H3. The van der Waals surface area contributed by atoms with Gasteiger partial charge in [0.25, 0.3) is 0 Å². The van der Waals surface area contributed by atoms with Crippen LogP contribution < -0.4 is 0 Å². The van der Waals surface area contributed by atoms with Gasteiger partial charge < -0.3 is 9.59 Å². The largest absolute Gasteiger partial charge is 0.432 e. The van der Waals surface area contributed by atoms with Crippen LogP contribution in [0.2, 0.25) is 38.3 Å². The summed E-state index contributed by atoms with van der Waals surface area (Å²) in [5.74, 6) is 0. The molecule has 0 atom stereocenters. The molecule has 0 aliphatic carbocycles. The van der Waals surface area contributed by atoms with Gasteiger partial charge in [0.15, 0.2) is 16.6 Å². The highest BCUT2D eigenvalue weighted by molar-refractivity contribution is 6.69. The minimum absolute atomic E-state index is 0.965. The molecule has 2 nitrogen and oxygen atoms in total. The molecule has 0 fully saturated rings. The molecule has 0 aliphatic rings. The summed E-state index contributed by atoms with van der Waals surface area (Å²) in [5, 5.41) is 0. The Kier molecular flexibility index (Phi) is 7.31. The first-order valence-corrected chi connectivity index (χ1v) is 10.9. The Labute approximate surface area is 78.9 Å². The van der Waals surface area contributed by atoms with Crippen LogP contribution >= 0.6 is 0 Å². The molecule has 0 aromatic rings. The van der Waals surface area contributed by atoms with Crippen molar-refractivity contribution in [2.45, 2.75) is 52.1 Å². The Morgan fingerprint density at radius 3 is 0.833 bits per heavy atom. The molecule has 4 heteroatoms. The first-order valence-electron chi connectivity index (χ1n) is 4.57. The van der Waals surface area contributed by atoms with Gasteiger partial charge in [-0.15, -0.1) is 0 Å². The van der Waals surface area contributed by atoms with Crippen LogP contribution in [0.3, 0.4) is 0 Å². The fourth-order valence-corrected chi connectivity index (χ4v) is 0. The predicted octanol–water partition coefficient (Wildman–Crippen LogP) is 2.41. The third-order valence-corrected chi connectivity index (χ3v) is 5.19. The summed E-state index contributed by atoms with van der Waals surface area (Å²) >= 11 is 0. The Hall–Kier alpha value is 0.354. The summed E-state index contributed by atoms with van der Waals surface area (Å²) < 4.78 is 0.